The van der Waals surface area contributed by atoms with Crippen molar-refractivity contribution in [3.05, 3.63) is 131 Å². The molecule has 0 saturated heterocycles. The molecule has 2 unspecified atom stereocenters. The van der Waals surface area contributed by atoms with E-state index in [2.05, 4.69) is 95.6 Å². The lowest BCUT2D eigenvalue weighted by Gasteiger charge is -2.23. The van der Waals surface area contributed by atoms with Gasteiger partial charge in [0.25, 0.3) is 0 Å². The van der Waals surface area contributed by atoms with Gasteiger partial charge in [-0.25, -0.2) is 0 Å². The van der Waals surface area contributed by atoms with Gasteiger partial charge in [0.15, 0.2) is 0 Å². The summed E-state index contributed by atoms with van der Waals surface area (Å²) >= 11 is 0. The van der Waals surface area contributed by atoms with Gasteiger partial charge in [0.2, 0.25) is 0 Å². The number of hydrogen-bond donors (Lipinski definition) is 2. The maximum Gasteiger partial charge on any atom is 0.118 e. The standard InChI is InChI=1S/C30H32N2O2/c1-33-27-17-13-25(14-18-27)29(23-9-5-3-6-10-23)31-21-22-32-30(24-11-7-4-8-12-24)26-15-19-28(34-2)20-16-26/h3-20,29-32H,21-22H2,1-2H3. The zero-order valence-corrected chi connectivity index (χ0v) is 19.8. The Labute approximate surface area is 202 Å². The summed E-state index contributed by atoms with van der Waals surface area (Å²) in [6, 6.07) is 37.9. The summed E-state index contributed by atoms with van der Waals surface area (Å²) in [7, 11) is 3.39. The molecule has 0 saturated carbocycles. The van der Waals surface area contributed by atoms with E-state index in [0.717, 1.165) is 24.6 Å². The average molecular weight is 453 g/mol. The van der Waals surface area contributed by atoms with Crippen LogP contribution in [0.2, 0.25) is 0 Å². The van der Waals surface area contributed by atoms with Crippen LogP contribution < -0.4 is 20.1 Å². The van der Waals surface area contributed by atoms with E-state index in [4.69, 9.17) is 9.47 Å². The summed E-state index contributed by atoms with van der Waals surface area (Å²) in [4.78, 5) is 0. The Kier molecular flexibility index (Phi) is 8.33. The Balaban J connectivity index is 1.46. The fraction of sp³-hybridized carbons (Fsp3) is 0.200. The van der Waals surface area contributed by atoms with Gasteiger partial charge < -0.3 is 20.1 Å². The maximum atomic E-state index is 5.34. The van der Waals surface area contributed by atoms with Crippen LogP contribution >= 0.6 is 0 Å². The largest absolute Gasteiger partial charge is 0.497 e. The third kappa shape index (κ3) is 6.04. The van der Waals surface area contributed by atoms with Gasteiger partial charge in [-0.15, -0.1) is 0 Å². The molecule has 4 nitrogen and oxygen atoms in total. The first-order chi connectivity index (χ1) is 16.8. The molecule has 0 fully saturated rings. The molecule has 0 bridgehead atoms. The fourth-order valence-corrected chi connectivity index (χ4v) is 4.17. The van der Waals surface area contributed by atoms with Gasteiger partial charge in [0.05, 0.1) is 26.3 Å². The summed E-state index contributed by atoms with van der Waals surface area (Å²) < 4.78 is 10.7. The van der Waals surface area contributed by atoms with Gasteiger partial charge in [-0.05, 0) is 46.5 Å². The third-order valence-electron chi connectivity index (χ3n) is 5.99. The molecule has 0 aliphatic rings. The summed E-state index contributed by atoms with van der Waals surface area (Å²) in [5.74, 6) is 1.73. The Morgan fingerprint density at radius 2 is 0.794 bits per heavy atom. The van der Waals surface area contributed by atoms with Crippen molar-refractivity contribution in [1.29, 1.82) is 0 Å². The molecular weight excluding hydrogens is 420 g/mol. The topological polar surface area (TPSA) is 42.5 Å². The molecule has 0 aliphatic carbocycles. The van der Waals surface area contributed by atoms with Crippen LogP contribution in [-0.4, -0.2) is 27.3 Å². The minimum absolute atomic E-state index is 0.102. The number of hydrogen-bond acceptors (Lipinski definition) is 4. The average Bonchev–Trinajstić information content (AvgIpc) is 2.92. The minimum atomic E-state index is 0.102. The van der Waals surface area contributed by atoms with Gasteiger partial charge in [-0.2, -0.15) is 0 Å². The molecule has 34 heavy (non-hydrogen) atoms. The van der Waals surface area contributed by atoms with E-state index in [1.807, 2.05) is 24.3 Å². The summed E-state index contributed by atoms with van der Waals surface area (Å²) in [6.45, 7) is 1.62. The van der Waals surface area contributed by atoms with Gasteiger partial charge >= 0.3 is 0 Å². The highest BCUT2D eigenvalue weighted by Crippen LogP contribution is 2.25. The molecule has 0 aromatic heterocycles. The predicted molar refractivity (Wildman–Crippen MR) is 139 cm³/mol. The Morgan fingerprint density at radius 1 is 0.471 bits per heavy atom. The molecule has 0 heterocycles. The van der Waals surface area contributed by atoms with Crippen molar-refractivity contribution in [2.45, 2.75) is 12.1 Å². The lowest BCUT2D eigenvalue weighted by Crippen LogP contribution is -2.33. The maximum absolute atomic E-state index is 5.34. The van der Waals surface area contributed by atoms with Crippen LogP contribution in [0.15, 0.2) is 109 Å². The minimum Gasteiger partial charge on any atom is -0.497 e. The highest BCUT2D eigenvalue weighted by Gasteiger charge is 2.16. The normalized spacial score (nSPS) is 12.6. The Bertz CT molecular complexity index is 1020. The molecule has 0 spiro atoms. The van der Waals surface area contributed by atoms with Gasteiger partial charge in [-0.3, -0.25) is 0 Å². The molecule has 4 aromatic carbocycles. The van der Waals surface area contributed by atoms with Crippen LogP contribution in [0.25, 0.3) is 0 Å². The molecule has 2 atom stereocenters. The zero-order valence-electron chi connectivity index (χ0n) is 19.8. The Hall–Kier alpha value is -3.60. The van der Waals surface area contributed by atoms with Crippen molar-refractivity contribution < 1.29 is 9.47 Å². The van der Waals surface area contributed by atoms with E-state index in [0.29, 0.717) is 0 Å². The van der Waals surface area contributed by atoms with Crippen LogP contribution in [0.4, 0.5) is 0 Å². The van der Waals surface area contributed by atoms with E-state index < -0.39 is 0 Å². The quantitative estimate of drug-likeness (QED) is 0.284. The van der Waals surface area contributed by atoms with Crippen LogP contribution in [-0.2, 0) is 0 Å². The zero-order chi connectivity index (χ0) is 23.6. The molecule has 2 N–H and O–H groups in total. The molecule has 0 aliphatic heterocycles. The molecule has 0 radical (unpaired) electrons. The number of benzene rings is 4. The van der Waals surface area contributed by atoms with Crippen molar-refractivity contribution in [2.75, 3.05) is 27.3 Å². The third-order valence-corrected chi connectivity index (χ3v) is 5.99. The summed E-state index contributed by atoms with van der Waals surface area (Å²) in [5, 5.41) is 7.49. The van der Waals surface area contributed by atoms with Crippen LogP contribution in [0, 0.1) is 0 Å². The predicted octanol–water partition coefficient (Wildman–Crippen LogP) is 5.76. The molecule has 4 rings (SSSR count). The highest BCUT2D eigenvalue weighted by atomic mass is 16.5. The first-order valence-electron chi connectivity index (χ1n) is 11.6. The monoisotopic (exact) mass is 452 g/mol. The fourth-order valence-electron chi connectivity index (χ4n) is 4.17. The van der Waals surface area contributed by atoms with E-state index >= 15 is 0 Å². The van der Waals surface area contributed by atoms with Crippen molar-refractivity contribution in [2.24, 2.45) is 0 Å². The lowest BCUT2D eigenvalue weighted by atomic mass is 9.98. The van der Waals surface area contributed by atoms with Crippen molar-refractivity contribution in [3.63, 3.8) is 0 Å². The van der Waals surface area contributed by atoms with Crippen LogP contribution in [0.5, 0.6) is 11.5 Å². The summed E-state index contributed by atoms with van der Waals surface area (Å²) in [5.41, 5.74) is 4.90. The number of ether oxygens (including phenoxy) is 2. The van der Waals surface area contributed by atoms with E-state index in [1.165, 1.54) is 22.3 Å². The van der Waals surface area contributed by atoms with Crippen molar-refractivity contribution in [1.82, 2.24) is 10.6 Å². The molecule has 174 valence electrons. The molecule has 4 heteroatoms. The Morgan fingerprint density at radius 3 is 1.12 bits per heavy atom. The van der Waals surface area contributed by atoms with E-state index in [9.17, 15) is 0 Å². The van der Waals surface area contributed by atoms with Crippen molar-refractivity contribution in [3.8, 4) is 11.5 Å². The van der Waals surface area contributed by atoms with Gasteiger partial charge in [-0.1, -0.05) is 84.9 Å². The van der Waals surface area contributed by atoms with Gasteiger partial charge in [0.1, 0.15) is 11.5 Å². The van der Waals surface area contributed by atoms with Crippen LogP contribution in [0.1, 0.15) is 34.3 Å². The lowest BCUT2D eigenvalue weighted by molar-refractivity contribution is 0.414. The second-order valence-corrected chi connectivity index (χ2v) is 8.14. The molecular formula is C30H32N2O2. The van der Waals surface area contributed by atoms with Crippen LogP contribution in [0.3, 0.4) is 0 Å². The van der Waals surface area contributed by atoms with Gasteiger partial charge in [0, 0.05) is 13.1 Å². The number of nitrogens with one attached hydrogen (secondary N) is 2. The number of methoxy groups -OCH3 is 2. The smallest absolute Gasteiger partial charge is 0.118 e. The first-order valence-corrected chi connectivity index (χ1v) is 11.6. The first kappa shape index (κ1) is 23.6. The SMILES string of the molecule is COc1ccc(C(NCCNC(c2ccccc2)c2ccc(OC)cc2)c2ccccc2)cc1. The second-order valence-electron chi connectivity index (χ2n) is 8.14. The summed E-state index contributed by atoms with van der Waals surface area (Å²) in [6.07, 6.45) is 0. The number of rotatable bonds is 11. The molecule has 0 amide bonds. The second kappa shape index (κ2) is 12.0. The molecule has 4 aromatic rings. The van der Waals surface area contributed by atoms with E-state index in [1.54, 1.807) is 14.2 Å². The van der Waals surface area contributed by atoms with Crippen molar-refractivity contribution >= 4 is 0 Å². The highest BCUT2D eigenvalue weighted by molar-refractivity contribution is 5.37. The van der Waals surface area contributed by atoms with E-state index in [-0.39, 0.29) is 12.1 Å².